The molecule has 0 heterocycles. The number of carbonyl (C=O) groups excluding carboxylic acids is 1. The zero-order valence-electron chi connectivity index (χ0n) is 11.6. The van der Waals surface area contributed by atoms with Crippen molar-refractivity contribution in [3.05, 3.63) is 0 Å². The minimum atomic E-state index is -0.297. The van der Waals surface area contributed by atoms with Crippen LogP contribution < -0.4 is 5.73 Å². The Morgan fingerprint density at radius 3 is 2.35 bits per heavy atom. The smallest absolute Gasteiger partial charge is 0.239 e. The van der Waals surface area contributed by atoms with Gasteiger partial charge in [0.05, 0.1) is 6.04 Å². The molecule has 1 aliphatic carbocycles. The molecule has 0 bridgehead atoms. The number of hydrogen-bond donors (Lipinski definition) is 1. The van der Waals surface area contributed by atoms with Gasteiger partial charge in [0.2, 0.25) is 5.91 Å². The van der Waals surface area contributed by atoms with Gasteiger partial charge in [0.15, 0.2) is 0 Å². The van der Waals surface area contributed by atoms with Crippen LogP contribution in [-0.2, 0) is 4.79 Å². The predicted octanol–water partition coefficient (Wildman–Crippen LogP) is 2.54. The monoisotopic (exact) mass is 240 g/mol. The summed E-state index contributed by atoms with van der Waals surface area (Å²) in [6, 6.07) is 0.127. The van der Waals surface area contributed by atoms with Gasteiger partial charge < -0.3 is 10.6 Å². The van der Waals surface area contributed by atoms with E-state index in [1.807, 2.05) is 11.9 Å². The SMILES string of the molecule is CCC[C@@H](N)C(=O)N(C)C1CCC(CC)CC1. The molecule has 1 fully saturated rings. The van der Waals surface area contributed by atoms with E-state index in [1.165, 1.54) is 19.3 Å². The lowest BCUT2D eigenvalue weighted by Gasteiger charge is -2.35. The molecule has 1 atom stereocenters. The summed E-state index contributed by atoms with van der Waals surface area (Å²) in [4.78, 5) is 14.0. The molecule has 0 unspecified atom stereocenters. The van der Waals surface area contributed by atoms with Gasteiger partial charge in [-0.3, -0.25) is 4.79 Å². The third-order valence-corrected chi connectivity index (χ3v) is 4.21. The van der Waals surface area contributed by atoms with Crippen molar-refractivity contribution >= 4 is 5.91 Å². The number of likely N-dealkylation sites (N-methyl/N-ethyl adjacent to an activating group) is 1. The van der Waals surface area contributed by atoms with Crippen molar-refractivity contribution in [3.8, 4) is 0 Å². The number of amides is 1. The summed E-state index contributed by atoms with van der Waals surface area (Å²) < 4.78 is 0. The largest absolute Gasteiger partial charge is 0.341 e. The molecule has 0 radical (unpaired) electrons. The molecule has 100 valence electrons. The summed E-state index contributed by atoms with van der Waals surface area (Å²) >= 11 is 0. The fraction of sp³-hybridized carbons (Fsp3) is 0.929. The van der Waals surface area contributed by atoms with E-state index in [2.05, 4.69) is 13.8 Å². The molecule has 0 aromatic rings. The van der Waals surface area contributed by atoms with Crippen LogP contribution in [0.2, 0.25) is 0 Å². The summed E-state index contributed by atoms with van der Waals surface area (Å²) in [5.41, 5.74) is 5.90. The van der Waals surface area contributed by atoms with E-state index in [4.69, 9.17) is 5.73 Å². The van der Waals surface area contributed by atoms with E-state index in [-0.39, 0.29) is 11.9 Å². The Morgan fingerprint density at radius 1 is 1.29 bits per heavy atom. The van der Waals surface area contributed by atoms with E-state index >= 15 is 0 Å². The van der Waals surface area contributed by atoms with Crippen LogP contribution in [-0.4, -0.2) is 29.9 Å². The highest BCUT2D eigenvalue weighted by Gasteiger charge is 2.27. The van der Waals surface area contributed by atoms with E-state index in [0.717, 1.165) is 31.6 Å². The first-order valence-electron chi connectivity index (χ1n) is 7.12. The third-order valence-electron chi connectivity index (χ3n) is 4.21. The summed E-state index contributed by atoms with van der Waals surface area (Å²) in [6.07, 6.45) is 7.89. The molecule has 1 aliphatic rings. The van der Waals surface area contributed by atoms with Crippen LogP contribution in [0.15, 0.2) is 0 Å². The Hall–Kier alpha value is -0.570. The second-order valence-electron chi connectivity index (χ2n) is 5.43. The number of rotatable bonds is 5. The standard InChI is InChI=1S/C14H28N2O/c1-4-6-13(15)14(17)16(3)12-9-7-11(5-2)8-10-12/h11-13H,4-10,15H2,1-3H3/t11?,12?,13-/m1/s1. The van der Waals surface area contributed by atoms with Gasteiger partial charge in [-0.1, -0.05) is 26.7 Å². The van der Waals surface area contributed by atoms with Gasteiger partial charge in [0.1, 0.15) is 0 Å². The van der Waals surface area contributed by atoms with Crippen LogP contribution in [0.25, 0.3) is 0 Å². The van der Waals surface area contributed by atoms with Gasteiger partial charge in [-0.15, -0.1) is 0 Å². The maximum atomic E-state index is 12.1. The Kier molecular flexibility index (Phi) is 5.96. The quantitative estimate of drug-likeness (QED) is 0.802. The van der Waals surface area contributed by atoms with Gasteiger partial charge in [-0.2, -0.15) is 0 Å². The number of nitrogens with two attached hydrogens (primary N) is 1. The molecule has 3 nitrogen and oxygen atoms in total. The van der Waals surface area contributed by atoms with Crippen LogP contribution in [0.1, 0.15) is 58.8 Å². The van der Waals surface area contributed by atoms with Gasteiger partial charge in [0, 0.05) is 13.1 Å². The predicted molar refractivity (Wildman–Crippen MR) is 71.7 cm³/mol. The average molecular weight is 240 g/mol. The van der Waals surface area contributed by atoms with Gasteiger partial charge in [-0.05, 0) is 38.0 Å². The maximum absolute atomic E-state index is 12.1. The summed E-state index contributed by atoms with van der Waals surface area (Å²) in [7, 11) is 1.93. The fourth-order valence-electron chi connectivity index (χ4n) is 2.82. The number of hydrogen-bond acceptors (Lipinski definition) is 2. The molecule has 0 aliphatic heterocycles. The Morgan fingerprint density at radius 2 is 1.88 bits per heavy atom. The van der Waals surface area contributed by atoms with Crippen molar-refractivity contribution in [2.45, 2.75) is 70.9 Å². The molecule has 1 rings (SSSR count). The first kappa shape index (κ1) is 14.5. The topological polar surface area (TPSA) is 46.3 Å². The highest BCUT2D eigenvalue weighted by atomic mass is 16.2. The first-order chi connectivity index (χ1) is 8.10. The summed E-state index contributed by atoms with van der Waals surface area (Å²) in [6.45, 7) is 4.33. The Balaban J connectivity index is 2.42. The second kappa shape index (κ2) is 7.00. The van der Waals surface area contributed by atoms with Crippen molar-refractivity contribution in [3.63, 3.8) is 0 Å². The van der Waals surface area contributed by atoms with Gasteiger partial charge >= 0.3 is 0 Å². The molecule has 0 saturated heterocycles. The van der Waals surface area contributed by atoms with E-state index in [9.17, 15) is 4.79 Å². The van der Waals surface area contributed by atoms with Crippen LogP contribution in [0.4, 0.5) is 0 Å². The Labute approximate surface area is 106 Å². The van der Waals surface area contributed by atoms with Crippen LogP contribution in [0.3, 0.4) is 0 Å². The third kappa shape index (κ3) is 3.98. The highest BCUT2D eigenvalue weighted by Crippen LogP contribution is 2.29. The molecule has 1 amide bonds. The lowest BCUT2D eigenvalue weighted by molar-refractivity contribution is -0.134. The Bertz CT molecular complexity index is 234. The molecule has 0 spiro atoms. The van der Waals surface area contributed by atoms with E-state index in [1.54, 1.807) is 0 Å². The fourth-order valence-corrected chi connectivity index (χ4v) is 2.82. The lowest BCUT2D eigenvalue weighted by atomic mass is 9.84. The molecule has 17 heavy (non-hydrogen) atoms. The highest BCUT2D eigenvalue weighted by molar-refractivity contribution is 5.81. The van der Waals surface area contributed by atoms with Crippen molar-refractivity contribution in [2.75, 3.05) is 7.05 Å². The summed E-state index contributed by atoms with van der Waals surface area (Å²) in [5.74, 6) is 1.01. The molecule has 1 saturated carbocycles. The second-order valence-corrected chi connectivity index (χ2v) is 5.43. The maximum Gasteiger partial charge on any atom is 0.239 e. The number of carbonyl (C=O) groups is 1. The van der Waals surface area contributed by atoms with E-state index in [0.29, 0.717) is 6.04 Å². The molecule has 0 aromatic carbocycles. The molecule has 0 aromatic heterocycles. The van der Waals surface area contributed by atoms with Crippen LogP contribution >= 0.6 is 0 Å². The minimum Gasteiger partial charge on any atom is -0.341 e. The zero-order chi connectivity index (χ0) is 12.8. The normalized spacial score (nSPS) is 26.6. The zero-order valence-corrected chi connectivity index (χ0v) is 11.6. The van der Waals surface area contributed by atoms with Crippen molar-refractivity contribution < 1.29 is 4.79 Å². The van der Waals surface area contributed by atoms with E-state index < -0.39 is 0 Å². The minimum absolute atomic E-state index is 0.131. The molecule has 3 heteroatoms. The first-order valence-corrected chi connectivity index (χ1v) is 7.12. The molecular formula is C14H28N2O. The number of nitrogens with zero attached hydrogens (tertiary/aromatic N) is 1. The van der Waals surface area contributed by atoms with Crippen molar-refractivity contribution in [1.82, 2.24) is 4.90 Å². The van der Waals surface area contributed by atoms with Crippen LogP contribution in [0.5, 0.6) is 0 Å². The summed E-state index contributed by atoms with van der Waals surface area (Å²) in [5, 5.41) is 0. The average Bonchev–Trinajstić information content (AvgIpc) is 2.37. The molecular weight excluding hydrogens is 212 g/mol. The molecule has 2 N–H and O–H groups in total. The lowest BCUT2D eigenvalue weighted by Crippen LogP contribution is -2.47. The van der Waals surface area contributed by atoms with Crippen molar-refractivity contribution in [1.29, 1.82) is 0 Å². The van der Waals surface area contributed by atoms with Crippen molar-refractivity contribution in [2.24, 2.45) is 11.7 Å². The van der Waals surface area contributed by atoms with Gasteiger partial charge in [0.25, 0.3) is 0 Å². The van der Waals surface area contributed by atoms with Crippen LogP contribution in [0, 0.1) is 5.92 Å². The van der Waals surface area contributed by atoms with Gasteiger partial charge in [-0.25, -0.2) is 0 Å².